The molecule has 0 fully saturated rings. The number of ether oxygens (including phenoxy) is 1. The molecule has 1 aliphatic rings. The molecule has 4 aromatic rings. The number of H-pyrrole nitrogens is 1. The van der Waals surface area contributed by atoms with Crippen LogP contribution in [0.1, 0.15) is 33.6 Å². The fourth-order valence-corrected chi connectivity index (χ4v) is 4.17. The molecule has 182 valence electrons. The lowest BCUT2D eigenvalue weighted by Crippen LogP contribution is -2.41. The Morgan fingerprint density at radius 2 is 1.64 bits per heavy atom. The Bertz CT molecular complexity index is 1440. The number of benzene rings is 3. The number of nitrogens with zero attached hydrogens (tertiary/aromatic N) is 3. The van der Waals surface area contributed by atoms with Gasteiger partial charge in [0.05, 0.1) is 5.56 Å². The van der Waals surface area contributed by atoms with Crippen molar-refractivity contribution in [2.75, 3.05) is 11.9 Å². The van der Waals surface area contributed by atoms with E-state index in [0.29, 0.717) is 16.5 Å². The summed E-state index contributed by atoms with van der Waals surface area (Å²) in [6.07, 6.45) is 0.224. The topological polar surface area (TPSA) is 117 Å². The van der Waals surface area contributed by atoms with Crippen molar-refractivity contribution in [3.8, 4) is 17.1 Å². The molecule has 36 heavy (non-hydrogen) atoms. The first-order chi connectivity index (χ1) is 17.4. The number of carbonyl (C=O) groups is 3. The van der Waals surface area contributed by atoms with Crippen LogP contribution >= 0.6 is 0 Å². The molecule has 0 bridgehead atoms. The molecular weight excluding hydrogens is 472 g/mol. The average Bonchev–Trinajstić information content (AvgIpc) is 3.32. The maximum atomic E-state index is 12.9. The third-order valence-electron chi connectivity index (χ3n) is 5.74. The smallest absolute Gasteiger partial charge is 0.387 e. The Balaban J connectivity index is 1.21. The molecule has 5 rings (SSSR count). The molecule has 1 aliphatic heterocycles. The van der Waals surface area contributed by atoms with Gasteiger partial charge >= 0.3 is 6.61 Å². The Morgan fingerprint density at radius 3 is 2.33 bits per heavy atom. The van der Waals surface area contributed by atoms with E-state index in [1.165, 1.54) is 18.2 Å². The summed E-state index contributed by atoms with van der Waals surface area (Å²) in [5.41, 5.74) is 1.16. The zero-order chi connectivity index (χ0) is 25.2. The van der Waals surface area contributed by atoms with Crippen molar-refractivity contribution in [2.24, 2.45) is 0 Å². The summed E-state index contributed by atoms with van der Waals surface area (Å²) < 4.78 is 29.8. The van der Waals surface area contributed by atoms with Gasteiger partial charge < -0.3 is 4.74 Å². The number of rotatable bonds is 8. The molecule has 11 heteroatoms. The number of imide groups is 1. The summed E-state index contributed by atoms with van der Waals surface area (Å²) >= 11 is 0. The van der Waals surface area contributed by atoms with Crippen molar-refractivity contribution in [1.29, 1.82) is 0 Å². The maximum Gasteiger partial charge on any atom is 0.387 e. The third kappa shape index (κ3) is 4.38. The van der Waals surface area contributed by atoms with Gasteiger partial charge in [-0.3, -0.25) is 29.7 Å². The molecule has 2 N–H and O–H groups in total. The van der Waals surface area contributed by atoms with E-state index >= 15 is 0 Å². The quantitative estimate of drug-likeness (QED) is 0.356. The molecule has 1 aromatic heterocycles. The van der Waals surface area contributed by atoms with E-state index in [1.54, 1.807) is 30.3 Å². The monoisotopic (exact) mass is 491 g/mol. The summed E-state index contributed by atoms with van der Waals surface area (Å²) in [6.45, 7) is -2.94. The van der Waals surface area contributed by atoms with Crippen LogP contribution in [0.5, 0.6) is 5.75 Å². The van der Waals surface area contributed by atoms with E-state index in [1.807, 2.05) is 12.1 Å². The predicted octanol–water partition coefficient (Wildman–Crippen LogP) is 4.24. The summed E-state index contributed by atoms with van der Waals surface area (Å²) in [5, 5.41) is 10.5. The minimum Gasteiger partial charge on any atom is -0.434 e. The van der Waals surface area contributed by atoms with Crippen molar-refractivity contribution >= 4 is 34.4 Å². The first-order valence-corrected chi connectivity index (χ1v) is 11.1. The molecule has 3 aromatic carbocycles. The first-order valence-electron chi connectivity index (χ1n) is 11.1. The number of alkyl halides is 2. The van der Waals surface area contributed by atoms with Gasteiger partial charge in [-0.15, -0.1) is 5.10 Å². The average molecular weight is 491 g/mol. The maximum absolute atomic E-state index is 12.9. The van der Waals surface area contributed by atoms with Gasteiger partial charge in [-0.05, 0) is 36.1 Å². The highest BCUT2D eigenvalue weighted by molar-refractivity contribution is 6.25. The van der Waals surface area contributed by atoms with Gasteiger partial charge in [0.2, 0.25) is 11.9 Å². The van der Waals surface area contributed by atoms with Crippen LogP contribution in [0.15, 0.2) is 60.7 Å². The first kappa shape index (κ1) is 23.1. The number of para-hydroxylation sites is 1. The van der Waals surface area contributed by atoms with Gasteiger partial charge in [-0.25, -0.2) is 0 Å². The molecule has 0 saturated carbocycles. The highest BCUT2D eigenvalue weighted by Crippen LogP contribution is 2.31. The number of aromatic amines is 1. The molecule has 0 unspecified atom stereocenters. The largest absolute Gasteiger partial charge is 0.434 e. The molecule has 0 atom stereocenters. The van der Waals surface area contributed by atoms with Crippen molar-refractivity contribution in [1.82, 2.24) is 20.1 Å². The van der Waals surface area contributed by atoms with Crippen LogP contribution in [0.4, 0.5) is 14.7 Å². The summed E-state index contributed by atoms with van der Waals surface area (Å²) in [7, 11) is 0. The normalized spacial score (nSPS) is 12.9. The fourth-order valence-electron chi connectivity index (χ4n) is 4.17. The summed E-state index contributed by atoms with van der Waals surface area (Å²) in [6, 6.07) is 16.7. The van der Waals surface area contributed by atoms with Crippen LogP contribution in [-0.4, -0.2) is 51.0 Å². The second-order valence-electron chi connectivity index (χ2n) is 8.01. The lowest BCUT2D eigenvalue weighted by Gasteiger charge is -2.27. The third-order valence-corrected chi connectivity index (χ3v) is 5.74. The van der Waals surface area contributed by atoms with Crippen molar-refractivity contribution in [2.45, 2.75) is 19.5 Å². The van der Waals surface area contributed by atoms with Gasteiger partial charge in [0.25, 0.3) is 11.8 Å². The van der Waals surface area contributed by atoms with E-state index in [9.17, 15) is 23.2 Å². The Labute approximate surface area is 203 Å². The van der Waals surface area contributed by atoms with Gasteiger partial charge in [-0.1, -0.05) is 36.4 Å². The Hall–Kier alpha value is -4.67. The molecule has 0 spiro atoms. The molecule has 0 saturated heterocycles. The van der Waals surface area contributed by atoms with E-state index in [0.717, 1.165) is 10.3 Å². The van der Waals surface area contributed by atoms with Crippen LogP contribution in [0, 0.1) is 0 Å². The highest BCUT2D eigenvalue weighted by Gasteiger charge is 2.32. The number of halogens is 2. The predicted molar refractivity (Wildman–Crippen MR) is 126 cm³/mol. The lowest BCUT2D eigenvalue weighted by atomic mass is 9.94. The minimum atomic E-state index is -3.01. The molecule has 3 amide bonds. The standard InChI is InChI=1S/C25H19F2N5O4/c26-24(27)36-18-11-2-1-8-15(18)21-29-25(31-30-21)28-19(33)12-5-13-32-22(34)16-9-3-6-14-7-4-10-17(20(14)16)23(32)35/h1-4,6-11,24H,5,12-13H2,(H2,28,29,30,31,33). The van der Waals surface area contributed by atoms with Gasteiger partial charge in [0.1, 0.15) is 5.75 Å². The molecule has 0 aliphatic carbocycles. The lowest BCUT2D eigenvalue weighted by molar-refractivity contribution is -0.116. The zero-order valence-corrected chi connectivity index (χ0v) is 18.7. The van der Waals surface area contributed by atoms with Crippen molar-refractivity contribution in [3.63, 3.8) is 0 Å². The minimum absolute atomic E-state index is 0.00212. The number of nitrogens with one attached hydrogen (secondary N) is 2. The summed E-state index contributed by atoms with van der Waals surface area (Å²) in [4.78, 5) is 43.5. The number of hydrogen-bond donors (Lipinski definition) is 2. The van der Waals surface area contributed by atoms with Crippen LogP contribution in [0.25, 0.3) is 22.2 Å². The second kappa shape index (κ2) is 9.53. The number of amides is 3. The van der Waals surface area contributed by atoms with Gasteiger partial charge in [0.15, 0.2) is 5.82 Å². The van der Waals surface area contributed by atoms with E-state index in [2.05, 4.69) is 25.2 Å². The van der Waals surface area contributed by atoms with Gasteiger partial charge in [-0.2, -0.15) is 13.8 Å². The SMILES string of the molecule is O=C(CCCN1C(=O)c2cccc3cccc(c23)C1=O)Nc1n[nH]c(-c2ccccc2OC(F)F)n1. The molecule has 9 nitrogen and oxygen atoms in total. The van der Waals surface area contributed by atoms with Gasteiger partial charge in [0, 0.05) is 29.5 Å². The number of aromatic nitrogens is 3. The van der Waals surface area contributed by atoms with Crippen molar-refractivity contribution in [3.05, 3.63) is 71.8 Å². The zero-order valence-electron chi connectivity index (χ0n) is 18.7. The van der Waals surface area contributed by atoms with Crippen LogP contribution in [-0.2, 0) is 4.79 Å². The second-order valence-corrected chi connectivity index (χ2v) is 8.01. The highest BCUT2D eigenvalue weighted by atomic mass is 19.3. The molecule has 2 heterocycles. The van der Waals surface area contributed by atoms with E-state index in [-0.39, 0.29) is 42.5 Å². The number of anilines is 1. The Morgan fingerprint density at radius 1 is 0.972 bits per heavy atom. The van der Waals surface area contributed by atoms with Crippen LogP contribution in [0.3, 0.4) is 0 Å². The van der Waals surface area contributed by atoms with Crippen LogP contribution < -0.4 is 10.1 Å². The van der Waals surface area contributed by atoms with Crippen LogP contribution in [0.2, 0.25) is 0 Å². The summed E-state index contributed by atoms with van der Waals surface area (Å²) in [5.74, 6) is -1.22. The van der Waals surface area contributed by atoms with E-state index < -0.39 is 24.3 Å². The Kier molecular flexibility index (Phi) is 6.11. The number of carbonyl (C=O) groups excluding carboxylic acids is 3. The van der Waals surface area contributed by atoms with E-state index in [4.69, 9.17) is 0 Å². The fraction of sp³-hybridized carbons (Fsp3) is 0.160. The number of hydrogen-bond acceptors (Lipinski definition) is 6. The molecule has 0 radical (unpaired) electrons. The molecular formula is C25H19F2N5O4. The van der Waals surface area contributed by atoms with Crippen molar-refractivity contribution < 1.29 is 27.9 Å².